The van der Waals surface area contributed by atoms with E-state index >= 15 is 0 Å². The van der Waals surface area contributed by atoms with Crippen LogP contribution in [0.25, 0.3) is 0 Å². The third kappa shape index (κ3) is 4.56. The lowest BCUT2D eigenvalue weighted by Gasteiger charge is -2.37. The lowest BCUT2D eigenvalue weighted by Crippen LogP contribution is -2.54. The van der Waals surface area contributed by atoms with Gasteiger partial charge in [0.15, 0.2) is 5.82 Å². The summed E-state index contributed by atoms with van der Waals surface area (Å²) in [5, 5.41) is 12.4. The highest BCUT2D eigenvalue weighted by molar-refractivity contribution is 6.30. The molecule has 1 aromatic carbocycles. The second-order valence-corrected chi connectivity index (χ2v) is 9.23. The molecule has 1 amide bonds. The summed E-state index contributed by atoms with van der Waals surface area (Å²) in [6, 6.07) is 7.99. The standard InChI is InChI=1S/C22H31ClN6O2/c1-16(2)20-26-25-19-14-31-15-22(3,29(19)20)21(30)24-7-8-27-9-11-28(12-10-27)18-6-4-5-17(23)13-18/h4-6,13,16H,7-12,14-15H2,1-3H3,(H,24,30)/t22-/m0/s1. The maximum atomic E-state index is 13.2. The number of nitrogens with zero attached hydrogens (tertiary/aromatic N) is 5. The van der Waals surface area contributed by atoms with E-state index in [9.17, 15) is 4.79 Å². The van der Waals surface area contributed by atoms with Gasteiger partial charge in [-0.3, -0.25) is 14.3 Å². The number of aromatic nitrogens is 3. The van der Waals surface area contributed by atoms with Gasteiger partial charge in [0.25, 0.3) is 0 Å². The summed E-state index contributed by atoms with van der Waals surface area (Å²) in [7, 11) is 0. The van der Waals surface area contributed by atoms with E-state index in [0.717, 1.165) is 49.3 Å². The van der Waals surface area contributed by atoms with E-state index in [4.69, 9.17) is 16.3 Å². The highest BCUT2D eigenvalue weighted by atomic mass is 35.5. The maximum Gasteiger partial charge on any atom is 0.248 e. The number of amides is 1. The predicted octanol–water partition coefficient (Wildman–Crippen LogP) is 2.24. The van der Waals surface area contributed by atoms with Crippen LogP contribution in [0, 0.1) is 0 Å². The van der Waals surface area contributed by atoms with Crippen LogP contribution < -0.4 is 10.2 Å². The third-order valence-electron chi connectivity index (χ3n) is 6.13. The summed E-state index contributed by atoms with van der Waals surface area (Å²) in [4.78, 5) is 17.9. The van der Waals surface area contributed by atoms with Crippen molar-refractivity contribution in [3.8, 4) is 0 Å². The molecule has 2 aliphatic heterocycles. The number of carbonyl (C=O) groups is 1. The Morgan fingerprint density at radius 2 is 2.03 bits per heavy atom. The fourth-order valence-electron chi connectivity index (χ4n) is 4.33. The Labute approximate surface area is 188 Å². The molecule has 2 aliphatic rings. The van der Waals surface area contributed by atoms with Gasteiger partial charge in [0.2, 0.25) is 5.91 Å². The summed E-state index contributed by atoms with van der Waals surface area (Å²) in [5.74, 6) is 1.67. The van der Waals surface area contributed by atoms with Crippen LogP contribution in [0.4, 0.5) is 5.69 Å². The van der Waals surface area contributed by atoms with Gasteiger partial charge < -0.3 is 15.0 Å². The molecule has 31 heavy (non-hydrogen) atoms. The number of rotatable bonds is 6. The molecule has 0 unspecified atom stereocenters. The van der Waals surface area contributed by atoms with Crippen molar-refractivity contribution in [1.29, 1.82) is 0 Å². The minimum Gasteiger partial charge on any atom is -0.370 e. The number of piperazine rings is 1. The fraction of sp³-hybridized carbons (Fsp3) is 0.591. The second kappa shape index (κ2) is 9.14. The second-order valence-electron chi connectivity index (χ2n) is 8.80. The molecule has 0 radical (unpaired) electrons. The van der Waals surface area contributed by atoms with Gasteiger partial charge in [0, 0.05) is 55.9 Å². The molecule has 0 spiro atoms. The molecule has 0 saturated carbocycles. The molecule has 4 rings (SSSR count). The summed E-state index contributed by atoms with van der Waals surface area (Å²) in [6.45, 7) is 12.0. The van der Waals surface area contributed by atoms with Crippen molar-refractivity contribution in [3.05, 3.63) is 40.9 Å². The smallest absolute Gasteiger partial charge is 0.248 e. The number of benzene rings is 1. The number of carbonyl (C=O) groups excluding carboxylic acids is 1. The summed E-state index contributed by atoms with van der Waals surface area (Å²) < 4.78 is 7.65. The molecule has 1 aromatic heterocycles. The highest BCUT2D eigenvalue weighted by Crippen LogP contribution is 2.29. The van der Waals surface area contributed by atoms with Crippen LogP contribution in [0.3, 0.4) is 0 Å². The van der Waals surface area contributed by atoms with Gasteiger partial charge in [-0.25, -0.2) is 0 Å². The first-order chi connectivity index (χ1) is 14.9. The summed E-state index contributed by atoms with van der Waals surface area (Å²) >= 11 is 6.12. The van der Waals surface area contributed by atoms with Crippen molar-refractivity contribution in [2.45, 2.75) is 38.8 Å². The molecule has 0 bridgehead atoms. The monoisotopic (exact) mass is 446 g/mol. The van der Waals surface area contributed by atoms with Gasteiger partial charge in [-0.2, -0.15) is 0 Å². The van der Waals surface area contributed by atoms with E-state index in [0.29, 0.717) is 25.6 Å². The van der Waals surface area contributed by atoms with Crippen LogP contribution in [0.15, 0.2) is 24.3 Å². The molecule has 1 saturated heterocycles. The van der Waals surface area contributed by atoms with E-state index in [1.807, 2.05) is 29.7 Å². The number of hydrogen-bond donors (Lipinski definition) is 1. The Kier molecular flexibility index (Phi) is 6.50. The Hall–Kier alpha value is -2.16. The summed E-state index contributed by atoms with van der Waals surface area (Å²) in [6.07, 6.45) is 0. The van der Waals surface area contributed by atoms with Crippen molar-refractivity contribution in [1.82, 2.24) is 25.0 Å². The maximum absolute atomic E-state index is 13.2. The quantitative estimate of drug-likeness (QED) is 0.733. The topological polar surface area (TPSA) is 75.5 Å². The Bertz CT molecular complexity index is 924. The molecule has 2 aromatic rings. The van der Waals surface area contributed by atoms with E-state index in [1.54, 1.807) is 0 Å². The Morgan fingerprint density at radius 1 is 1.26 bits per heavy atom. The molecule has 1 fully saturated rings. The van der Waals surface area contributed by atoms with Crippen molar-refractivity contribution < 1.29 is 9.53 Å². The molecule has 168 valence electrons. The molecule has 1 atom stereocenters. The van der Waals surface area contributed by atoms with Crippen LogP contribution >= 0.6 is 11.6 Å². The normalized spacial score (nSPS) is 21.9. The van der Waals surface area contributed by atoms with Crippen LogP contribution in [0.2, 0.25) is 5.02 Å². The van der Waals surface area contributed by atoms with Gasteiger partial charge in [0.1, 0.15) is 18.0 Å². The summed E-state index contributed by atoms with van der Waals surface area (Å²) in [5.41, 5.74) is 0.332. The van der Waals surface area contributed by atoms with Gasteiger partial charge in [0.05, 0.1) is 6.61 Å². The molecule has 8 nitrogen and oxygen atoms in total. The van der Waals surface area contributed by atoms with Crippen LogP contribution in [-0.4, -0.2) is 71.4 Å². The number of nitrogens with one attached hydrogen (secondary N) is 1. The zero-order valence-corrected chi connectivity index (χ0v) is 19.2. The van der Waals surface area contributed by atoms with E-state index in [1.165, 1.54) is 0 Å². The van der Waals surface area contributed by atoms with Gasteiger partial charge in [-0.15, -0.1) is 10.2 Å². The molecule has 9 heteroatoms. The van der Waals surface area contributed by atoms with Crippen LogP contribution in [0.1, 0.15) is 38.3 Å². The molecule has 1 N–H and O–H groups in total. The number of anilines is 1. The van der Waals surface area contributed by atoms with Crippen LogP contribution in [-0.2, 0) is 21.7 Å². The highest BCUT2D eigenvalue weighted by Gasteiger charge is 2.42. The van der Waals surface area contributed by atoms with Gasteiger partial charge in [-0.05, 0) is 25.1 Å². The Balaban J connectivity index is 1.30. The zero-order chi connectivity index (χ0) is 22.0. The van der Waals surface area contributed by atoms with Crippen LogP contribution in [0.5, 0.6) is 0 Å². The van der Waals surface area contributed by atoms with E-state index in [2.05, 4.69) is 45.2 Å². The largest absolute Gasteiger partial charge is 0.370 e. The molecule has 3 heterocycles. The Morgan fingerprint density at radius 3 is 2.74 bits per heavy atom. The lowest BCUT2D eigenvalue weighted by molar-refractivity contribution is -0.135. The minimum absolute atomic E-state index is 0.0484. The lowest BCUT2D eigenvalue weighted by atomic mass is 9.99. The molecule has 0 aliphatic carbocycles. The average molecular weight is 447 g/mol. The van der Waals surface area contributed by atoms with Gasteiger partial charge in [-0.1, -0.05) is 31.5 Å². The van der Waals surface area contributed by atoms with Crippen molar-refractivity contribution >= 4 is 23.2 Å². The number of hydrogen-bond acceptors (Lipinski definition) is 6. The minimum atomic E-state index is -0.831. The third-order valence-corrected chi connectivity index (χ3v) is 6.36. The average Bonchev–Trinajstić information content (AvgIpc) is 3.20. The SMILES string of the molecule is CC(C)c1nnc2n1[C@](C)(C(=O)NCCN1CCN(c3cccc(Cl)c3)CC1)COC2. The van der Waals surface area contributed by atoms with Crippen molar-refractivity contribution in [2.24, 2.45) is 0 Å². The first-order valence-corrected chi connectivity index (χ1v) is 11.3. The first-order valence-electron chi connectivity index (χ1n) is 10.9. The first kappa shape index (κ1) is 22.0. The predicted molar refractivity (Wildman–Crippen MR) is 121 cm³/mol. The number of fused-ring (bicyclic) bond motifs is 1. The molecular formula is C22H31ClN6O2. The van der Waals surface area contributed by atoms with E-state index < -0.39 is 5.54 Å². The number of halogens is 1. The van der Waals surface area contributed by atoms with Crippen molar-refractivity contribution in [2.75, 3.05) is 50.8 Å². The zero-order valence-electron chi connectivity index (χ0n) is 18.5. The fourth-order valence-corrected chi connectivity index (χ4v) is 4.51. The molecular weight excluding hydrogens is 416 g/mol. The number of ether oxygens (including phenoxy) is 1. The van der Waals surface area contributed by atoms with Crippen molar-refractivity contribution in [3.63, 3.8) is 0 Å². The van der Waals surface area contributed by atoms with Gasteiger partial charge >= 0.3 is 0 Å². The van der Waals surface area contributed by atoms with E-state index in [-0.39, 0.29) is 11.8 Å².